The van der Waals surface area contributed by atoms with E-state index in [4.69, 9.17) is 0 Å². The molecular formula is C22H23F2N3O2. The van der Waals surface area contributed by atoms with Crippen molar-refractivity contribution in [1.29, 1.82) is 0 Å². The topological polar surface area (TPSA) is 52.7 Å². The number of anilines is 3. The molecule has 7 heteroatoms. The molecule has 2 aromatic carbocycles. The Hall–Kier alpha value is -2.96. The number of hydrogen-bond donors (Lipinski definition) is 1. The minimum absolute atomic E-state index is 0.00765. The highest BCUT2D eigenvalue weighted by Gasteiger charge is 2.35. The number of halogens is 2. The van der Waals surface area contributed by atoms with Crippen LogP contribution >= 0.6 is 0 Å². The lowest BCUT2D eigenvalue weighted by atomic mass is 10.1. The molecule has 2 saturated heterocycles. The lowest BCUT2D eigenvalue weighted by Crippen LogP contribution is -2.28. The van der Waals surface area contributed by atoms with Crippen LogP contribution in [-0.4, -0.2) is 31.4 Å². The van der Waals surface area contributed by atoms with E-state index < -0.39 is 17.6 Å². The van der Waals surface area contributed by atoms with Crippen LogP contribution in [0.3, 0.4) is 0 Å². The molecule has 4 rings (SSSR count). The maximum absolute atomic E-state index is 13.5. The summed E-state index contributed by atoms with van der Waals surface area (Å²) in [6, 6.07) is 10.6. The smallest absolute Gasteiger partial charge is 0.229 e. The number of carbonyl (C=O) groups is 2. The molecule has 152 valence electrons. The van der Waals surface area contributed by atoms with E-state index in [1.807, 2.05) is 24.3 Å². The predicted octanol–water partition coefficient (Wildman–Crippen LogP) is 3.80. The number of benzene rings is 2. The van der Waals surface area contributed by atoms with Gasteiger partial charge in [-0.15, -0.1) is 0 Å². The second-order valence-corrected chi connectivity index (χ2v) is 7.91. The molecule has 29 heavy (non-hydrogen) atoms. The quantitative estimate of drug-likeness (QED) is 0.851. The van der Waals surface area contributed by atoms with Gasteiger partial charge in [-0.2, -0.15) is 0 Å². The van der Waals surface area contributed by atoms with Crippen LogP contribution in [0.4, 0.5) is 25.8 Å². The Morgan fingerprint density at radius 1 is 1.03 bits per heavy atom. The molecule has 2 heterocycles. The maximum atomic E-state index is 13.5. The molecule has 0 aromatic heterocycles. The summed E-state index contributed by atoms with van der Waals surface area (Å²) >= 11 is 0. The van der Waals surface area contributed by atoms with Gasteiger partial charge < -0.3 is 15.1 Å². The fraction of sp³-hybridized carbons (Fsp3) is 0.364. The molecule has 2 amide bonds. The second kappa shape index (κ2) is 7.81. The average molecular weight is 399 g/mol. The molecule has 0 spiro atoms. The molecule has 0 saturated carbocycles. The van der Waals surface area contributed by atoms with Crippen molar-refractivity contribution >= 4 is 28.9 Å². The Labute approximate surface area is 168 Å². The predicted molar refractivity (Wildman–Crippen MR) is 108 cm³/mol. The number of nitrogens with one attached hydrogen (secondary N) is 1. The van der Waals surface area contributed by atoms with E-state index in [1.165, 1.54) is 11.3 Å². The summed E-state index contributed by atoms with van der Waals surface area (Å²) in [4.78, 5) is 28.5. The number of nitrogens with zero attached hydrogens (tertiary/aromatic N) is 2. The molecule has 2 aromatic rings. The standard InChI is InChI=1S/C22H23F2N3O2/c1-14-6-7-26(12-14)19-4-2-18(3-5-19)25-22(29)15-8-21(28)27(13-15)20-10-16(23)9-17(24)11-20/h2-5,9-11,14-15H,6-8,12-13H2,1H3,(H,25,29). The highest BCUT2D eigenvalue weighted by molar-refractivity contribution is 6.03. The van der Waals surface area contributed by atoms with Crippen LogP contribution in [0, 0.1) is 23.5 Å². The Morgan fingerprint density at radius 2 is 1.72 bits per heavy atom. The van der Waals surface area contributed by atoms with Crippen molar-refractivity contribution in [3.63, 3.8) is 0 Å². The van der Waals surface area contributed by atoms with Crippen LogP contribution in [0.25, 0.3) is 0 Å². The van der Waals surface area contributed by atoms with E-state index in [9.17, 15) is 18.4 Å². The SMILES string of the molecule is CC1CCN(c2ccc(NC(=O)C3CC(=O)N(c4cc(F)cc(F)c4)C3)cc2)C1. The van der Waals surface area contributed by atoms with Gasteiger partial charge in [0.05, 0.1) is 5.92 Å². The first kappa shape index (κ1) is 19.4. The molecule has 2 unspecified atom stereocenters. The van der Waals surface area contributed by atoms with Crippen molar-refractivity contribution < 1.29 is 18.4 Å². The summed E-state index contributed by atoms with van der Waals surface area (Å²) in [5.41, 5.74) is 1.92. The first-order chi connectivity index (χ1) is 13.9. The second-order valence-electron chi connectivity index (χ2n) is 7.91. The normalized spacial score (nSPS) is 21.7. The van der Waals surface area contributed by atoms with Crippen LogP contribution in [0.2, 0.25) is 0 Å². The van der Waals surface area contributed by atoms with Gasteiger partial charge in [0.15, 0.2) is 0 Å². The van der Waals surface area contributed by atoms with E-state index in [0.717, 1.165) is 37.0 Å². The summed E-state index contributed by atoms with van der Waals surface area (Å²) in [5, 5.41) is 2.84. The zero-order valence-electron chi connectivity index (χ0n) is 16.2. The molecule has 1 N–H and O–H groups in total. The first-order valence-electron chi connectivity index (χ1n) is 9.81. The van der Waals surface area contributed by atoms with Gasteiger partial charge in [0.1, 0.15) is 11.6 Å². The van der Waals surface area contributed by atoms with Crippen LogP contribution < -0.4 is 15.1 Å². The zero-order valence-corrected chi connectivity index (χ0v) is 16.2. The Balaban J connectivity index is 1.39. The third-order valence-electron chi connectivity index (χ3n) is 5.58. The van der Waals surface area contributed by atoms with E-state index >= 15 is 0 Å². The first-order valence-corrected chi connectivity index (χ1v) is 9.81. The molecule has 5 nitrogen and oxygen atoms in total. The van der Waals surface area contributed by atoms with Crippen LogP contribution in [0.1, 0.15) is 19.8 Å². The van der Waals surface area contributed by atoms with Crippen molar-refractivity contribution in [2.75, 3.05) is 34.8 Å². The molecule has 0 radical (unpaired) electrons. The molecule has 0 aliphatic carbocycles. The number of carbonyl (C=O) groups excluding carboxylic acids is 2. The van der Waals surface area contributed by atoms with Gasteiger partial charge in [0, 0.05) is 49.2 Å². The van der Waals surface area contributed by atoms with Gasteiger partial charge >= 0.3 is 0 Å². The average Bonchev–Trinajstić information content (AvgIpc) is 3.27. The lowest BCUT2D eigenvalue weighted by molar-refractivity contribution is -0.122. The van der Waals surface area contributed by atoms with E-state index in [1.54, 1.807) is 0 Å². The Bertz CT molecular complexity index is 912. The molecular weight excluding hydrogens is 376 g/mol. The van der Waals surface area contributed by atoms with Crippen LogP contribution in [0.5, 0.6) is 0 Å². The Kier molecular flexibility index (Phi) is 5.22. The summed E-state index contributed by atoms with van der Waals surface area (Å²) in [6.07, 6.45) is 1.19. The van der Waals surface area contributed by atoms with Crippen molar-refractivity contribution in [1.82, 2.24) is 0 Å². The highest BCUT2D eigenvalue weighted by Crippen LogP contribution is 2.28. The third-order valence-corrected chi connectivity index (χ3v) is 5.58. The summed E-state index contributed by atoms with van der Waals surface area (Å²) in [6.45, 7) is 4.40. The zero-order chi connectivity index (χ0) is 20.5. The number of rotatable bonds is 4. The molecule has 2 atom stereocenters. The van der Waals surface area contributed by atoms with Gasteiger partial charge in [-0.1, -0.05) is 6.92 Å². The van der Waals surface area contributed by atoms with Crippen molar-refractivity contribution in [3.8, 4) is 0 Å². The fourth-order valence-electron chi connectivity index (χ4n) is 4.00. The lowest BCUT2D eigenvalue weighted by Gasteiger charge is -2.19. The maximum Gasteiger partial charge on any atom is 0.229 e. The fourth-order valence-corrected chi connectivity index (χ4v) is 4.00. The van der Waals surface area contributed by atoms with Gasteiger partial charge in [-0.05, 0) is 48.7 Å². The van der Waals surface area contributed by atoms with Gasteiger partial charge in [-0.25, -0.2) is 8.78 Å². The van der Waals surface area contributed by atoms with E-state index in [0.29, 0.717) is 11.6 Å². The molecule has 2 aliphatic rings. The largest absolute Gasteiger partial charge is 0.371 e. The Morgan fingerprint density at radius 3 is 2.34 bits per heavy atom. The highest BCUT2D eigenvalue weighted by atomic mass is 19.1. The van der Waals surface area contributed by atoms with Crippen molar-refractivity contribution in [2.45, 2.75) is 19.8 Å². The summed E-state index contributed by atoms with van der Waals surface area (Å²) in [5.74, 6) is -2.01. The molecule has 2 fully saturated rings. The summed E-state index contributed by atoms with van der Waals surface area (Å²) < 4.78 is 26.9. The van der Waals surface area contributed by atoms with Gasteiger partial charge in [-0.3, -0.25) is 9.59 Å². The number of hydrogen-bond acceptors (Lipinski definition) is 3. The van der Waals surface area contributed by atoms with Crippen LogP contribution in [-0.2, 0) is 9.59 Å². The van der Waals surface area contributed by atoms with E-state index in [-0.39, 0.29) is 30.5 Å². The van der Waals surface area contributed by atoms with E-state index in [2.05, 4.69) is 17.1 Å². The number of amides is 2. The third kappa shape index (κ3) is 4.23. The van der Waals surface area contributed by atoms with Gasteiger partial charge in [0.25, 0.3) is 0 Å². The van der Waals surface area contributed by atoms with Crippen molar-refractivity contribution in [3.05, 3.63) is 54.1 Å². The molecule has 2 aliphatic heterocycles. The van der Waals surface area contributed by atoms with Crippen LogP contribution in [0.15, 0.2) is 42.5 Å². The minimum Gasteiger partial charge on any atom is -0.371 e. The van der Waals surface area contributed by atoms with Crippen molar-refractivity contribution in [2.24, 2.45) is 11.8 Å². The minimum atomic E-state index is -0.756. The van der Waals surface area contributed by atoms with Gasteiger partial charge in [0.2, 0.25) is 11.8 Å². The summed E-state index contributed by atoms with van der Waals surface area (Å²) in [7, 11) is 0. The molecule has 0 bridgehead atoms. The monoisotopic (exact) mass is 399 g/mol.